The van der Waals surface area contributed by atoms with E-state index in [1.165, 1.54) is 12.2 Å². The number of hydrogen-bond acceptors (Lipinski definition) is 7. The fraction of sp³-hybridized carbons (Fsp3) is 0.235. The smallest absolute Gasteiger partial charge is 0.330 e. The Morgan fingerprint density at radius 1 is 1.38 bits per heavy atom. The van der Waals surface area contributed by atoms with Gasteiger partial charge in [0.2, 0.25) is 0 Å². The molecule has 1 aliphatic rings. The second-order valence-electron chi connectivity index (χ2n) is 5.08. The van der Waals surface area contributed by atoms with E-state index in [2.05, 4.69) is 15.0 Å². The molecule has 0 saturated carbocycles. The van der Waals surface area contributed by atoms with Crippen LogP contribution in [0.1, 0.15) is 12.5 Å². The molecule has 3 amide bonds. The van der Waals surface area contributed by atoms with Crippen LogP contribution in [-0.2, 0) is 19.1 Å². The summed E-state index contributed by atoms with van der Waals surface area (Å²) in [5.74, 6) is -1.55. The first-order valence-corrected chi connectivity index (χ1v) is 8.54. The predicted octanol–water partition coefficient (Wildman–Crippen LogP) is 1.35. The number of amides is 3. The Kier molecular flexibility index (Phi) is 7.10. The van der Waals surface area contributed by atoms with Gasteiger partial charge in [-0.3, -0.25) is 24.3 Å². The lowest BCUT2D eigenvalue weighted by atomic mass is 10.2. The first kappa shape index (κ1) is 19.4. The zero-order valence-corrected chi connectivity index (χ0v) is 14.8. The van der Waals surface area contributed by atoms with Crippen molar-refractivity contribution >= 4 is 40.9 Å². The lowest BCUT2D eigenvalue weighted by molar-refractivity contribution is -0.143. The van der Waals surface area contributed by atoms with Crippen LogP contribution in [0.15, 0.2) is 41.6 Å². The zero-order valence-electron chi connectivity index (χ0n) is 14.0. The van der Waals surface area contributed by atoms with E-state index in [9.17, 15) is 19.2 Å². The zero-order chi connectivity index (χ0) is 18.9. The molecule has 1 saturated heterocycles. The minimum atomic E-state index is -0.617. The lowest BCUT2D eigenvalue weighted by Gasteiger charge is -2.12. The number of nitrogens with one attached hydrogen (secondary N) is 1. The summed E-state index contributed by atoms with van der Waals surface area (Å²) in [7, 11) is 0. The van der Waals surface area contributed by atoms with Crippen LogP contribution in [-0.4, -0.2) is 52.6 Å². The highest BCUT2D eigenvalue weighted by molar-refractivity contribution is 8.18. The van der Waals surface area contributed by atoms with Gasteiger partial charge < -0.3 is 10.1 Å². The minimum absolute atomic E-state index is 0.0313. The quantitative estimate of drug-likeness (QED) is 0.566. The number of ether oxygens (including phenoxy) is 1. The van der Waals surface area contributed by atoms with Crippen molar-refractivity contribution in [1.82, 2.24) is 15.2 Å². The van der Waals surface area contributed by atoms with E-state index in [4.69, 9.17) is 0 Å². The summed E-state index contributed by atoms with van der Waals surface area (Å²) in [4.78, 5) is 52.2. The molecule has 2 heterocycles. The predicted molar refractivity (Wildman–Crippen MR) is 95.7 cm³/mol. The van der Waals surface area contributed by atoms with E-state index in [0.717, 1.165) is 16.7 Å². The van der Waals surface area contributed by atoms with Crippen LogP contribution in [0.4, 0.5) is 4.79 Å². The Morgan fingerprint density at radius 3 is 2.88 bits per heavy atom. The Morgan fingerprint density at radius 2 is 2.19 bits per heavy atom. The van der Waals surface area contributed by atoms with Crippen molar-refractivity contribution < 1.29 is 23.9 Å². The third kappa shape index (κ3) is 5.55. The molecule has 0 radical (unpaired) electrons. The highest BCUT2D eigenvalue weighted by Gasteiger charge is 2.34. The van der Waals surface area contributed by atoms with Crippen molar-refractivity contribution in [3.8, 4) is 0 Å². The molecule has 9 heteroatoms. The van der Waals surface area contributed by atoms with E-state index >= 15 is 0 Å². The molecule has 0 aliphatic carbocycles. The average molecular weight is 375 g/mol. The monoisotopic (exact) mass is 375 g/mol. The van der Waals surface area contributed by atoms with Gasteiger partial charge in [-0.2, -0.15) is 0 Å². The number of carbonyl (C=O) groups excluding carboxylic acids is 4. The molecule has 26 heavy (non-hydrogen) atoms. The van der Waals surface area contributed by atoms with E-state index in [-0.39, 0.29) is 13.1 Å². The molecule has 0 bridgehead atoms. The third-order valence-corrected chi connectivity index (χ3v) is 4.07. The summed E-state index contributed by atoms with van der Waals surface area (Å²) in [6.07, 6.45) is 7.49. The fourth-order valence-electron chi connectivity index (χ4n) is 1.98. The number of carbonyl (C=O) groups is 4. The Bertz CT molecular complexity index is 761. The van der Waals surface area contributed by atoms with Crippen LogP contribution < -0.4 is 5.32 Å². The molecule has 2 rings (SSSR count). The standard InChI is InChI=1S/C17H17N3O5S/c1-2-4-15(22)25-11-14(21)19-7-8-20-16(23)13(26-17(20)24)9-12-5-3-6-18-10-12/h2-6,9-10H,7-8,11H2,1H3,(H,19,21)/b4-2+,13-9-. The van der Waals surface area contributed by atoms with Crippen molar-refractivity contribution in [1.29, 1.82) is 0 Å². The number of thioether (sulfide) groups is 1. The van der Waals surface area contributed by atoms with Crippen molar-refractivity contribution in [2.75, 3.05) is 19.7 Å². The Balaban J connectivity index is 1.82. The lowest BCUT2D eigenvalue weighted by Crippen LogP contribution is -2.38. The number of imide groups is 1. The van der Waals surface area contributed by atoms with Crippen molar-refractivity contribution in [3.05, 3.63) is 47.1 Å². The maximum absolute atomic E-state index is 12.3. The molecule has 136 valence electrons. The summed E-state index contributed by atoms with van der Waals surface area (Å²) in [5.41, 5.74) is 0.717. The van der Waals surface area contributed by atoms with Gasteiger partial charge in [0.05, 0.1) is 4.91 Å². The molecule has 0 spiro atoms. The molecule has 1 aromatic rings. The first-order valence-electron chi connectivity index (χ1n) is 7.73. The van der Waals surface area contributed by atoms with Crippen molar-refractivity contribution in [2.24, 2.45) is 0 Å². The number of aromatic nitrogens is 1. The van der Waals surface area contributed by atoms with Crippen LogP contribution in [0.2, 0.25) is 0 Å². The second-order valence-corrected chi connectivity index (χ2v) is 6.07. The van der Waals surface area contributed by atoms with Gasteiger partial charge in [0, 0.05) is 31.6 Å². The normalized spacial score (nSPS) is 15.7. The highest BCUT2D eigenvalue weighted by Crippen LogP contribution is 2.31. The Labute approximate surface area is 154 Å². The second kappa shape index (κ2) is 9.52. The summed E-state index contributed by atoms with van der Waals surface area (Å²) in [6.45, 7) is 1.33. The fourth-order valence-corrected chi connectivity index (χ4v) is 2.85. The molecule has 1 aliphatic heterocycles. The maximum Gasteiger partial charge on any atom is 0.330 e. The van der Waals surface area contributed by atoms with Crippen LogP contribution in [0, 0.1) is 0 Å². The van der Waals surface area contributed by atoms with Crippen molar-refractivity contribution in [3.63, 3.8) is 0 Å². The topological polar surface area (TPSA) is 106 Å². The number of hydrogen-bond donors (Lipinski definition) is 1. The third-order valence-electron chi connectivity index (χ3n) is 3.16. The van der Waals surface area contributed by atoms with Crippen LogP contribution in [0.3, 0.4) is 0 Å². The van der Waals surface area contributed by atoms with E-state index in [1.807, 2.05) is 0 Å². The molecule has 1 aromatic heterocycles. The van der Waals surface area contributed by atoms with E-state index < -0.39 is 29.6 Å². The van der Waals surface area contributed by atoms with Gasteiger partial charge in [-0.05, 0) is 36.4 Å². The van der Waals surface area contributed by atoms with Gasteiger partial charge in [0.15, 0.2) is 6.61 Å². The van der Waals surface area contributed by atoms with Gasteiger partial charge in [-0.1, -0.05) is 12.1 Å². The molecular formula is C17H17N3O5S. The van der Waals surface area contributed by atoms with Gasteiger partial charge in [-0.25, -0.2) is 4.79 Å². The molecule has 0 unspecified atom stereocenters. The van der Waals surface area contributed by atoms with E-state index in [1.54, 1.807) is 37.5 Å². The summed E-state index contributed by atoms with van der Waals surface area (Å²) in [5, 5.41) is 2.08. The molecule has 1 fully saturated rings. The first-order chi connectivity index (χ1) is 12.5. The van der Waals surface area contributed by atoms with Crippen LogP contribution in [0.5, 0.6) is 0 Å². The number of rotatable bonds is 7. The summed E-state index contributed by atoms with van der Waals surface area (Å²) >= 11 is 0.836. The van der Waals surface area contributed by atoms with Gasteiger partial charge in [-0.15, -0.1) is 0 Å². The molecular weight excluding hydrogens is 358 g/mol. The van der Waals surface area contributed by atoms with Gasteiger partial charge >= 0.3 is 5.97 Å². The minimum Gasteiger partial charge on any atom is -0.452 e. The SMILES string of the molecule is C/C=C/C(=O)OCC(=O)NCCN1C(=O)S/C(=C\c2cccnc2)C1=O. The largest absolute Gasteiger partial charge is 0.452 e. The van der Waals surface area contributed by atoms with E-state index in [0.29, 0.717) is 10.5 Å². The maximum atomic E-state index is 12.3. The number of allylic oxidation sites excluding steroid dienone is 1. The van der Waals surface area contributed by atoms with Crippen LogP contribution in [0.25, 0.3) is 6.08 Å². The van der Waals surface area contributed by atoms with Gasteiger partial charge in [0.1, 0.15) is 0 Å². The average Bonchev–Trinajstić information content (AvgIpc) is 2.88. The van der Waals surface area contributed by atoms with Crippen molar-refractivity contribution in [2.45, 2.75) is 6.92 Å². The number of esters is 1. The molecule has 0 aromatic carbocycles. The molecule has 1 N–H and O–H groups in total. The highest BCUT2D eigenvalue weighted by atomic mass is 32.2. The summed E-state index contributed by atoms with van der Waals surface area (Å²) < 4.78 is 4.69. The number of nitrogens with zero attached hydrogens (tertiary/aromatic N) is 2. The van der Waals surface area contributed by atoms with Crippen LogP contribution >= 0.6 is 11.8 Å². The van der Waals surface area contributed by atoms with Gasteiger partial charge in [0.25, 0.3) is 17.1 Å². The Hall–Kier alpha value is -2.94. The molecule has 0 atom stereocenters. The molecule has 8 nitrogen and oxygen atoms in total. The number of pyridine rings is 1. The summed E-state index contributed by atoms with van der Waals surface area (Å²) in [6, 6.07) is 3.50.